The largest absolute Gasteiger partial charge is 0.390 e. The summed E-state index contributed by atoms with van der Waals surface area (Å²) in [5, 5.41) is 10.0. The summed E-state index contributed by atoms with van der Waals surface area (Å²) in [5.41, 5.74) is 0. The van der Waals surface area contributed by atoms with E-state index in [2.05, 4.69) is 0 Å². The Morgan fingerprint density at radius 2 is 1.53 bits per heavy atom. The van der Waals surface area contributed by atoms with E-state index in [1.807, 2.05) is 0 Å². The van der Waals surface area contributed by atoms with Crippen molar-refractivity contribution in [2.45, 2.75) is 70.0 Å². The maximum atomic E-state index is 10.0. The van der Waals surface area contributed by atoms with Gasteiger partial charge in [0.1, 0.15) is 0 Å². The SMILES string of the molecule is OC(COC1CCCC1)C1CCCCC1. The molecule has 0 saturated heterocycles. The second-order valence-corrected chi connectivity index (χ2v) is 5.21. The third-order valence-electron chi connectivity index (χ3n) is 4.00. The molecule has 2 saturated carbocycles. The first kappa shape index (κ1) is 11.4. The molecule has 2 heteroatoms. The van der Waals surface area contributed by atoms with Gasteiger partial charge in [0.2, 0.25) is 0 Å². The van der Waals surface area contributed by atoms with Gasteiger partial charge in [0.25, 0.3) is 0 Å². The van der Waals surface area contributed by atoms with Crippen LogP contribution in [0.3, 0.4) is 0 Å². The summed E-state index contributed by atoms with van der Waals surface area (Å²) in [6, 6.07) is 0. The van der Waals surface area contributed by atoms with Crippen LogP contribution in [0.1, 0.15) is 57.8 Å². The van der Waals surface area contributed by atoms with Gasteiger partial charge in [-0.25, -0.2) is 0 Å². The van der Waals surface area contributed by atoms with E-state index >= 15 is 0 Å². The average molecular weight is 212 g/mol. The van der Waals surface area contributed by atoms with Crippen molar-refractivity contribution in [2.75, 3.05) is 6.61 Å². The minimum Gasteiger partial charge on any atom is -0.390 e. The number of hydrogen-bond acceptors (Lipinski definition) is 2. The summed E-state index contributed by atoms with van der Waals surface area (Å²) in [7, 11) is 0. The van der Waals surface area contributed by atoms with Gasteiger partial charge in [0, 0.05) is 0 Å². The van der Waals surface area contributed by atoms with Crippen molar-refractivity contribution in [3.05, 3.63) is 0 Å². The first-order valence-electron chi connectivity index (χ1n) is 6.66. The fourth-order valence-corrected chi connectivity index (χ4v) is 2.94. The van der Waals surface area contributed by atoms with Crippen molar-refractivity contribution < 1.29 is 9.84 Å². The molecule has 2 aliphatic rings. The third-order valence-corrected chi connectivity index (χ3v) is 4.00. The lowest BCUT2D eigenvalue weighted by atomic mass is 9.85. The molecular weight excluding hydrogens is 188 g/mol. The predicted molar refractivity (Wildman–Crippen MR) is 60.8 cm³/mol. The van der Waals surface area contributed by atoms with E-state index in [-0.39, 0.29) is 6.10 Å². The van der Waals surface area contributed by atoms with Crippen LogP contribution in [0.15, 0.2) is 0 Å². The van der Waals surface area contributed by atoms with Gasteiger partial charge in [0.15, 0.2) is 0 Å². The zero-order chi connectivity index (χ0) is 10.5. The molecule has 0 spiro atoms. The third kappa shape index (κ3) is 3.46. The van der Waals surface area contributed by atoms with Gasteiger partial charge in [-0.3, -0.25) is 0 Å². The highest BCUT2D eigenvalue weighted by molar-refractivity contribution is 4.74. The van der Waals surface area contributed by atoms with Gasteiger partial charge in [-0.05, 0) is 31.6 Å². The van der Waals surface area contributed by atoms with Crippen LogP contribution in [0, 0.1) is 5.92 Å². The van der Waals surface area contributed by atoms with E-state index in [1.54, 1.807) is 0 Å². The summed E-state index contributed by atoms with van der Waals surface area (Å²) < 4.78 is 5.77. The molecule has 0 radical (unpaired) electrons. The molecule has 2 fully saturated rings. The number of aliphatic hydroxyl groups is 1. The highest BCUT2D eigenvalue weighted by Gasteiger charge is 2.23. The van der Waals surface area contributed by atoms with E-state index in [4.69, 9.17) is 4.74 Å². The van der Waals surface area contributed by atoms with E-state index in [0.717, 1.165) is 0 Å². The van der Waals surface area contributed by atoms with E-state index in [1.165, 1.54) is 57.8 Å². The van der Waals surface area contributed by atoms with Gasteiger partial charge in [0.05, 0.1) is 18.8 Å². The molecule has 0 heterocycles. The zero-order valence-electron chi connectivity index (χ0n) is 9.66. The highest BCUT2D eigenvalue weighted by Crippen LogP contribution is 2.27. The number of aliphatic hydroxyl groups excluding tert-OH is 1. The summed E-state index contributed by atoms with van der Waals surface area (Å²) in [6.45, 7) is 0.579. The summed E-state index contributed by atoms with van der Waals surface area (Å²) in [4.78, 5) is 0. The fourth-order valence-electron chi connectivity index (χ4n) is 2.94. The molecule has 1 unspecified atom stereocenters. The second kappa shape index (κ2) is 5.86. The molecule has 0 aromatic rings. The lowest BCUT2D eigenvalue weighted by Crippen LogP contribution is -2.29. The Kier molecular flexibility index (Phi) is 4.45. The van der Waals surface area contributed by atoms with E-state index < -0.39 is 0 Å². The summed E-state index contributed by atoms with van der Waals surface area (Å²) in [6.07, 6.45) is 11.6. The Morgan fingerprint density at radius 3 is 2.20 bits per heavy atom. The molecule has 2 nitrogen and oxygen atoms in total. The van der Waals surface area contributed by atoms with Crippen LogP contribution in [0.4, 0.5) is 0 Å². The van der Waals surface area contributed by atoms with Gasteiger partial charge in [-0.15, -0.1) is 0 Å². The molecule has 0 aliphatic heterocycles. The molecular formula is C13H24O2. The summed E-state index contributed by atoms with van der Waals surface area (Å²) >= 11 is 0. The first-order valence-corrected chi connectivity index (χ1v) is 6.66. The molecule has 1 N–H and O–H groups in total. The first-order chi connectivity index (χ1) is 7.36. The van der Waals surface area contributed by atoms with E-state index in [9.17, 15) is 5.11 Å². The molecule has 0 aromatic heterocycles. The Hall–Kier alpha value is -0.0800. The molecule has 1 atom stereocenters. The minimum atomic E-state index is -0.203. The standard InChI is InChI=1S/C13H24O2/c14-13(11-6-2-1-3-7-11)10-15-12-8-4-5-9-12/h11-14H,1-10H2. The fraction of sp³-hybridized carbons (Fsp3) is 1.00. The maximum absolute atomic E-state index is 10.0. The highest BCUT2D eigenvalue weighted by atomic mass is 16.5. The average Bonchev–Trinajstić information content (AvgIpc) is 2.80. The van der Waals surface area contributed by atoms with Crippen molar-refractivity contribution in [3.63, 3.8) is 0 Å². The van der Waals surface area contributed by atoms with Gasteiger partial charge in [-0.1, -0.05) is 32.1 Å². The van der Waals surface area contributed by atoms with Crippen molar-refractivity contribution in [2.24, 2.45) is 5.92 Å². The monoisotopic (exact) mass is 212 g/mol. The second-order valence-electron chi connectivity index (χ2n) is 5.21. The normalized spacial score (nSPS) is 27.0. The van der Waals surface area contributed by atoms with Crippen LogP contribution in [0.5, 0.6) is 0 Å². The van der Waals surface area contributed by atoms with Crippen LogP contribution in [-0.2, 0) is 4.74 Å². The molecule has 15 heavy (non-hydrogen) atoms. The van der Waals surface area contributed by atoms with Crippen LogP contribution < -0.4 is 0 Å². The lowest BCUT2D eigenvalue weighted by Gasteiger charge is -2.27. The predicted octanol–water partition coefficient (Wildman–Crippen LogP) is 2.89. The van der Waals surface area contributed by atoms with Crippen LogP contribution in [0.25, 0.3) is 0 Å². The van der Waals surface area contributed by atoms with E-state index in [0.29, 0.717) is 18.6 Å². The van der Waals surface area contributed by atoms with Crippen molar-refractivity contribution >= 4 is 0 Å². The van der Waals surface area contributed by atoms with Crippen LogP contribution >= 0.6 is 0 Å². The Labute approximate surface area is 93.0 Å². The molecule has 0 amide bonds. The van der Waals surface area contributed by atoms with Gasteiger partial charge in [-0.2, -0.15) is 0 Å². The quantitative estimate of drug-likeness (QED) is 0.776. The Bertz CT molecular complexity index is 169. The maximum Gasteiger partial charge on any atom is 0.0801 e. The molecule has 88 valence electrons. The molecule has 0 aromatic carbocycles. The topological polar surface area (TPSA) is 29.5 Å². The van der Waals surface area contributed by atoms with Crippen LogP contribution in [-0.4, -0.2) is 23.9 Å². The number of ether oxygens (including phenoxy) is 1. The van der Waals surface area contributed by atoms with Crippen molar-refractivity contribution in [3.8, 4) is 0 Å². The lowest BCUT2D eigenvalue weighted by molar-refractivity contribution is -0.0352. The zero-order valence-corrected chi connectivity index (χ0v) is 9.66. The Morgan fingerprint density at radius 1 is 0.933 bits per heavy atom. The van der Waals surface area contributed by atoms with Gasteiger partial charge < -0.3 is 9.84 Å². The molecule has 0 bridgehead atoms. The number of hydrogen-bond donors (Lipinski definition) is 1. The van der Waals surface area contributed by atoms with Crippen LogP contribution in [0.2, 0.25) is 0 Å². The molecule has 2 rings (SSSR count). The van der Waals surface area contributed by atoms with Gasteiger partial charge >= 0.3 is 0 Å². The van der Waals surface area contributed by atoms with Crippen molar-refractivity contribution in [1.82, 2.24) is 0 Å². The van der Waals surface area contributed by atoms with Crippen molar-refractivity contribution in [1.29, 1.82) is 0 Å². The number of rotatable bonds is 4. The summed E-state index contributed by atoms with van der Waals surface area (Å²) in [5.74, 6) is 0.514. The minimum absolute atomic E-state index is 0.203. The Balaban J connectivity index is 1.64. The molecule has 2 aliphatic carbocycles. The smallest absolute Gasteiger partial charge is 0.0801 e.